The van der Waals surface area contributed by atoms with E-state index in [4.69, 9.17) is 0 Å². The van der Waals surface area contributed by atoms with Gasteiger partial charge in [-0.1, -0.05) is 11.8 Å². The van der Waals surface area contributed by atoms with Gasteiger partial charge in [-0.25, -0.2) is 0 Å². The number of aliphatic imine (C=N–C) groups is 1. The molecule has 2 aliphatic heterocycles. The first-order valence-electron chi connectivity index (χ1n) is 6.05. The Balaban J connectivity index is 1.40. The smallest absolute Gasteiger partial charge is 0.220 e. The predicted molar refractivity (Wildman–Crippen MR) is 65.6 cm³/mol. The number of nitrogens with one attached hydrogen (secondary N) is 2. The summed E-state index contributed by atoms with van der Waals surface area (Å²) in [5.41, 5.74) is 0. The van der Waals surface area contributed by atoms with Crippen LogP contribution in [-0.2, 0) is 4.79 Å². The van der Waals surface area contributed by atoms with Gasteiger partial charge < -0.3 is 10.6 Å². The van der Waals surface area contributed by atoms with Crippen molar-refractivity contribution in [3.8, 4) is 0 Å². The number of hydrogen-bond acceptors (Lipinski definition) is 4. The number of thioether (sulfide) groups is 1. The van der Waals surface area contributed by atoms with Crippen LogP contribution in [0.3, 0.4) is 0 Å². The van der Waals surface area contributed by atoms with Crippen LogP contribution >= 0.6 is 11.8 Å². The topological polar surface area (TPSA) is 53.5 Å². The molecule has 0 aromatic carbocycles. The molecule has 1 aliphatic carbocycles. The molecule has 4 nitrogen and oxygen atoms in total. The summed E-state index contributed by atoms with van der Waals surface area (Å²) in [6, 6.07) is 0.302. The second kappa shape index (κ2) is 4.28. The third-order valence-electron chi connectivity index (χ3n) is 3.41. The highest BCUT2D eigenvalue weighted by atomic mass is 32.2. The number of hydrogen-bond donors (Lipinski definition) is 2. The number of amidine groups is 1. The second-order valence-electron chi connectivity index (χ2n) is 4.82. The van der Waals surface area contributed by atoms with Crippen LogP contribution in [0.5, 0.6) is 0 Å². The van der Waals surface area contributed by atoms with Crippen molar-refractivity contribution in [1.29, 1.82) is 0 Å². The van der Waals surface area contributed by atoms with E-state index in [-0.39, 0.29) is 5.91 Å². The zero-order valence-corrected chi connectivity index (χ0v) is 10.1. The number of carbonyl (C=O) groups excluding carboxylic acids is 1. The van der Waals surface area contributed by atoms with Crippen LogP contribution in [0.2, 0.25) is 0 Å². The molecule has 16 heavy (non-hydrogen) atoms. The Morgan fingerprint density at radius 3 is 3.00 bits per heavy atom. The monoisotopic (exact) mass is 239 g/mol. The number of carbonyl (C=O) groups is 1. The Morgan fingerprint density at radius 2 is 2.31 bits per heavy atom. The molecule has 2 fully saturated rings. The van der Waals surface area contributed by atoms with Crippen LogP contribution in [-0.4, -0.2) is 35.5 Å². The third-order valence-corrected chi connectivity index (χ3v) is 4.74. The number of amides is 1. The van der Waals surface area contributed by atoms with Crippen molar-refractivity contribution in [2.24, 2.45) is 10.9 Å². The minimum atomic E-state index is 0.184. The predicted octanol–water partition coefficient (Wildman–Crippen LogP) is 0.736. The molecule has 2 heterocycles. The van der Waals surface area contributed by atoms with Crippen molar-refractivity contribution < 1.29 is 4.79 Å². The largest absolute Gasteiger partial charge is 0.363 e. The highest BCUT2D eigenvalue weighted by Gasteiger charge is 2.35. The number of rotatable bonds is 3. The van der Waals surface area contributed by atoms with E-state index in [9.17, 15) is 4.79 Å². The van der Waals surface area contributed by atoms with E-state index in [1.807, 2.05) is 11.8 Å². The van der Waals surface area contributed by atoms with E-state index in [0.717, 1.165) is 35.8 Å². The first kappa shape index (κ1) is 10.4. The summed E-state index contributed by atoms with van der Waals surface area (Å²) in [4.78, 5) is 15.5. The molecule has 1 amide bonds. The van der Waals surface area contributed by atoms with Crippen molar-refractivity contribution >= 4 is 22.8 Å². The Morgan fingerprint density at radius 1 is 1.44 bits per heavy atom. The molecule has 0 radical (unpaired) electrons. The minimum absolute atomic E-state index is 0.184. The molecule has 2 atom stereocenters. The van der Waals surface area contributed by atoms with Crippen LogP contribution in [0, 0.1) is 5.92 Å². The van der Waals surface area contributed by atoms with Gasteiger partial charge in [0, 0.05) is 24.3 Å². The lowest BCUT2D eigenvalue weighted by Gasteiger charge is -2.12. The van der Waals surface area contributed by atoms with E-state index < -0.39 is 0 Å². The highest BCUT2D eigenvalue weighted by molar-refractivity contribution is 8.14. The molecule has 1 saturated carbocycles. The van der Waals surface area contributed by atoms with Crippen molar-refractivity contribution in [3.63, 3.8) is 0 Å². The van der Waals surface area contributed by atoms with Crippen molar-refractivity contribution in [3.05, 3.63) is 0 Å². The zero-order chi connectivity index (χ0) is 11.0. The van der Waals surface area contributed by atoms with Crippen LogP contribution in [0.25, 0.3) is 0 Å². The van der Waals surface area contributed by atoms with E-state index in [2.05, 4.69) is 15.6 Å². The average molecular weight is 239 g/mol. The second-order valence-corrected chi connectivity index (χ2v) is 6.05. The summed E-state index contributed by atoms with van der Waals surface area (Å²) in [6.45, 7) is 1.81. The Bertz CT molecular complexity index is 327. The van der Waals surface area contributed by atoms with Gasteiger partial charge in [0.05, 0.1) is 6.54 Å². The van der Waals surface area contributed by atoms with Gasteiger partial charge in [0.25, 0.3) is 0 Å². The van der Waals surface area contributed by atoms with Crippen molar-refractivity contribution in [2.75, 3.05) is 13.1 Å². The third kappa shape index (κ3) is 2.34. The fraction of sp³-hybridized carbons (Fsp3) is 0.818. The maximum absolute atomic E-state index is 11.0. The standard InChI is InChI=1S/C11H17N3OS/c15-10-4-3-8(14-10)5-12-11-13-6-9(16-11)7-1-2-7/h7-9H,1-6H2,(H,12,13)(H,14,15). The van der Waals surface area contributed by atoms with Crippen LogP contribution in [0.15, 0.2) is 4.99 Å². The molecule has 88 valence electrons. The van der Waals surface area contributed by atoms with Crippen molar-refractivity contribution in [1.82, 2.24) is 10.6 Å². The van der Waals surface area contributed by atoms with Gasteiger partial charge in [0.1, 0.15) is 0 Å². The molecule has 0 spiro atoms. The van der Waals surface area contributed by atoms with Crippen LogP contribution < -0.4 is 10.6 Å². The fourth-order valence-corrected chi connectivity index (χ4v) is 3.46. The van der Waals surface area contributed by atoms with Gasteiger partial charge in [-0.15, -0.1) is 0 Å². The summed E-state index contributed by atoms with van der Waals surface area (Å²) < 4.78 is 0. The normalized spacial score (nSPS) is 33.8. The summed E-state index contributed by atoms with van der Waals surface area (Å²) in [5, 5.41) is 8.12. The summed E-state index contributed by atoms with van der Waals surface area (Å²) in [7, 11) is 0. The zero-order valence-electron chi connectivity index (χ0n) is 9.24. The van der Waals surface area contributed by atoms with Gasteiger partial charge in [0.15, 0.2) is 5.17 Å². The van der Waals surface area contributed by atoms with Gasteiger partial charge in [-0.3, -0.25) is 9.79 Å². The molecule has 2 N–H and O–H groups in total. The Kier molecular flexibility index (Phi) is 2.79. The SMILES string of the molecule is O=C1CCC(CNC2=NCC(C3CC3)S2)N1. The fourth-order valence-electron chi connectivity index (χ4n) is 2.24. The summed E-state index contributed by atoms with van der Waals surface area (Å²) in [6.07, 6.45) is 4.41. The van der Waals surface area contributed by atoms with Crippen molar-refractivity contribution in [2.45, 2.75) is 37.0 Å². The molecular weight excluding hydrogens is 222 g/mol. The quantitative estimate of drug-likeness (QED) is 0.763. The van der Waals surface area contributed by atoms with Gasteiger partial charge >= 0.3 is 0 Å². The summed E-state index contributed by atoms with van der Waals surface area (Å²) >= 11 is 1.89. The first-order valence-corrected chi connectivity index (χ1v) is 6.93. The van der Waals surface area contributed by atoms with E-state index in [1.165, 1.54) is 12.8 Å². The molecule has 5 heteroatoms. The Labute approximate surface area is 99.7 Å². The van der Waals surface area contributed by atoms with Crippen LogP contribution in [0.1, 0.15) is 25.7 Å². The molecular formula is C11H17N3OS. The van der Waals surface area contributed by atoms with Gasteiger partial charge in [0.2, 0.25) is 5.91 Å². The molecule has 3 aliphatic rings. The number of nitrogens with zero attached hydrogens (tertiary/aromatic N) is 1. The average Bonchev–Trinajstić information content (AvgIpc) is 2.87. The van der Waals surface area contributed by atoms with E-state index in [1.54, 1.807) is 0 Å². The van der Waals surface area contributed by atoms with Crippen LogP contribution in [0.4, 0.5) is 0 Å². The first-order chi connectivity index (χ1) is 7.81. The molecule has 1 saturated heterocycles. The molecule has 0 aromatic rings. The molecule has 3 rings (SSSR count). The molecule has 0 aromatic heterocycles. The highest BCUT2D eigenvalue weighted by Crippen LogP contribution is 2.41. The maximum Gasteiger partial charge on any atom is 0.220 e. The minimum Gasteiger partial charge on any atom is -0.363 e. The lowest BCUT2D eigenvalue weighted by atomic mass is 10.2. The van der Waals surface area contributed by atoms with Gasteiger partial charge in [-0.05, 0) is 25.2 Å². The molecule has 0 bridgehead atoms. The lowest BCUT2D eigenvalue weighted by molar-refractivity contribution is -0.119. The van der Waals surface area contributed by atoms with Gasteiger partial charge in [-0.2, -0.15) is 0 Å². The van der Waals surface area contributed by atoms with E-state index in [0.29, 0.717) is 12.5 Å². The lowest BCUT2D eigenvalue weighted by Crippen LogP contribution is -2.37. The molecule has 2 unspecified atom stereocenters. The Hall–Kier alpha value is -0.710. The van der Waals surface area contributed by atoms with E-state index >= 15 is 0 Å². The summed E-state index contributed by atoms with van der Waals surface area (Å²) in [5.74, 6) is 1.10. The maximum atomic E-state index is 11.0.